The number of pyridine rings is 1. The van der Waals surface area contributed by atoms with Crippen molar-refractivity contribution in [3.05, 3.63) is 83.5 Å². The highest BCUT2D eigenvalue weighted by Gasteiger charge is 2.11. The van der Waals surface area contributed by atoms with E-state index in [9.17, 15) is 0 Å². The average Bonchev–Trinajstić information content (AvgIpc) is 3.35. The van der Waals surface area contributed by atoms with Crippen LogP contribution in [-0.2, 0) is 0 Å². The van der Waals surface area contributed by atoms with Crippen molar-refractivity contribution in [2.24, 2.45) is 4.99 Å². The highest BCUT2D eigenvalue weighted by Crippen LogP contribution is 2.25. The number of aliphatic imine (C=N–C) groups is 1. The van der Waals surface area contributed by atoms with Gasteiger partial charge in [-0.3, -0.25) is 9.98 Å². The lowest BCUT2D eigenvalue weighted by Gasteiger charge is -2.14. The van der Waals surface area contributed by atoms with E-state index in [1.807, 2.05) is 54.6 Å². The number of imidazole rings is 1. The molecule has 0 fully saturated rings. The van der Waals surface area contributed by atoms with Crippen molar-refractivity contribution in [1.29, 1.82) is 0 Å². The maximum Gasteiger partial charge on any atom is 0.138 e. The number of fused-ring (bicyclic) bond motifs is 2. The molecule has 204 valence electrons. The van der Waals surface area contributed by atoms with Crippen LogP contribution in [0, 0.1) is 0 Å². The number of aromatic nitrogens is 3. The minimum atomic E-state index is 0. The summed E-state index contributed by atoms with van der Waals surface area (Å²) in [6.45, 7) is 3.03. The number of ether oxygens (including phenoxy) is 1. The third kappa shape index (κ3) is 6.86. The molecule has 0 atom stereocenters. The summed E-state index contributed by atoms with van der Waals surface area (Å²) in [4.78, 5) is 17.2. The number of amidine groups is 1. The summed E-state index contributed by atoms with van der Waals surface area (Å²) in [6, 6.07) is 21.9. The highest BCUT2D eigenvalue weighted by molar-refractivity contribution is 6.31. The third-order valence-electron chi connectivity index (χ3n) is 6.17. The second-order valence-electron chi connectivity index (χ2n) is 8.65. The van der Waals surface area contributed by atoms with Crippen LogP contribution in [0.3, 0.4) is 0 Å². The highest BCUT2D eigenvalue weighted by atomic mass is 35.5. The van der Waals surface area contributed by atoms with Gasteiger partial charge in [0.25, 0.3) is 0 Å². The van der Waals surface area contributed by atoms with E-state index in [0.717, 1.165) is 75.7 Å². The van der Waals surface area contributed by atoms with E-state index >= 15 is 0 Å². The summed E-state index contributed by atoms with van der Waals surface area (Å²) >= 11 is 6.08. The van der Waals surface area contributed by atoms with Gasteiger partial charge in [-0.25, -0.2) is 4.98 Å². The van der Waals surface area contributed by atoms with E-state index in [-0.39, 0.29) is 37.2 Å². The van der Waals surface area contributed by atoms with Gasteiger partial charge in [0.2, 0.25) is 0 Å². The van der Waals surface area contributed by atoms with Crippen LogP contribution in [0.4, 0.5) is 5.69 Å². The molecule has 11 heteroatoms. The Morgan fingerprint density at radius 1 is 0.897 bits per heavy atom. The molecule has 1 aliphatic rings. The van der Waals surface area contributed by atoms with Crippen LogP contribution >= 0.6 is 48.8 Å². The zero-order chi connectivity index (χ0) is 24.3. The Morgan fingerprint density at radius 2 is 1.72 bits per heavy atom. The molecule has 3 N–H and O–H groups in total. The summed E-state index contributed by atoms with van der Waals surface area (Å²) in [5, 5.41) is 8.51. The van der Waals surface area contributed by atoms with Crippen molar-refractivity contribution in [1.82, 2.24) is 20.3 Å². The van der Waals surface area contributed by atoms with Gasteiger partial charge in [-0.2, -0.15) is 0 Å². The molecule has 0 spiro atoms. The molecule has 1 aliphatic heterocycles. The van der Waals surface area contributed by atoms with Crippen LogP contribution in [0.1, 0.15) is 12.0 Å². The van der Waals surface area contributed by atoms with E-state index in [2.05, 4.69) is 37.7 Å². The Kier molecular flexibility index (Phi) is 10.7. The van der Waals surface area contributed by atoms with Crippen LogP contribution in [0.15, 0.2) is 77.9 Å². The van der Waals surface area contributed by atoms with E-state index in [0.29, 0.717) is 18.2 Å². The fourth-order valence-electron chi connectivity index (χ4n) is 4.36. The molecule has 0 unspecified atom stereocenters. The van der Waals surface area contributed by atoms with Crippen LogP contribution in [-0.4, -0.2) is 47.0 Å². The molecule has 0 saturated heterocycles. The van der Waals surface area contributed by atoms with Crippen LogP contribution in [0.2, 0.25) is 5.02 Å². The second kappa shape index (κ2) is 13.7. The number of rotatable bonds is 7. The Bertz CT molecular complexity index is 1570. The van der Waals surface area contributed by atoms with Gasteiger partial charge in [-0.15, -0.1) is 37.2 Å². The van der Waals surface area contributed by atoms with Crippen molar-refractivity contribution < 1.29 is 4.74 Å². The van der Waals surface area contributed by atoms with E-state index in [4.69, 9.17) is 21.3 Å². The second-order valence-corrected chi connectivity index (χ2v) is 9.08. The van der Waals surface area contributed by atoms with E-state index < -0.39 is 0 Å². The molecule has 6 rings (SSSR count). The summed E-state index contributed by atoms with van der Waals surface area (Å²) in [5.41, 5.74) is 5.89. The number of nitrogens with one attached hydrogen (secondary N) is 3. The lowest BCUT2D eigenvalue weighted by Crippen LogP contribution is -2.30. The molecule has 7 nitrogen and oxygen atoms in total. The Labute approximate surface area is 250 Å². The summed E-state index contributed by atoms with van der Waals surface area (Å²) in [7, 11) is 0. The topological polar surface area (TPSA) is 87.2 Å². The van der Waals surface area contributed by atoms with Gasteiger partial charge in [-0.05, 0) is 73.2 Å². The molecule has 0 amide bonds. The molecule has 0 bridgehead atoms. The van der Waals surface area contributed by atoms with Crippen LogP contribution in [0.25, 0.3) is 33.3 Å². The number of hydrogen-bond acceptors (Lipinski definition) is 6. The molecule has 39 heavy (non-hydrogen) atoms. The maximum atomic E-state index is 6.08. The Hall–Kier alpha value is -3.23. The standard InChI is InChI=1S/C28H25ClN6O.3ClH/c29-20-5-8-22-23(10-13-30-25(22)17-20)31-14-15-36-21-6-2-18(3-7-21)28-34-24-9-4-19(16-26(24)35-28)27-32-11-1-12-33-27;;;/h2-10,13,16-17H,1,11-12,14-15H2,(H,30,31)(H,32,33)(H,34,35);3*1H. The van der Waals surface area contributed by atoms with Gasteiger partial charge in [0.05, 0.1) is 16.6 Å². The molecule has 2 aromatic heterocycles. The molecular weight excluding hydrogens is 578 g/mol. The van der Waals surface area contributed by atoms with Crippen molar-refractivity contribution in [3.8, 4) is 17.1 Å². The summed E-state index contributed by atoms with van der Waals surface area (Å²) in [5.74, 6) is 2.60. The molecule has 0 saturated carbocycles. The number of H-pyrrole nitrogens is 1. The van der Waals surface area contributed by atoms with Crippen molar-refractivity contribution in [2.75, 3.05) is 31.6 Å². The van der Waals surface area contributed by atoms with Crippen molar-refractivity contribution in [3.63, 3.8) is 0 Å². The van der Waals surface area contributed by atoms with Crippen LogP contribution < -0.4 is 15.4 Å². The van der Waals surface area contributed by atoms with Gasteiger partial charge in [0, 0.05) is 53.1 Å². The molecule has 3 aromatic carbocycles. The minimum Gasteiger partial charge on any atom is -0.492 e. The van der Waals surface area contributed by atoms with Crippen molar-refractivity contribution in [2.45, 2.75) is 6.42 Å². The molecule has 0 radical (unpaired) electrons. The Morgan fingerprint density at radius 3 is 2.51 bits per heavy atom. The Balaban J connectivity index is 0.00000140. The van der Waals surface area contributed by atoms with E-state index in [1.54, 1.807) is 6.20 Å². The van der Waals surface area contributed by atoms with Gasteiger partial charge in [0.15, 0.2) is 0 Å². The molecule has 3 heterocycles. The first kappa shape index (κ1) is 30.3. The zero-order valence-corrected chi connectivity index (χ0v) is 24.0. The SMILES string of the molecule is Cl.Cl.Cl.Clc1ccc2c(NCCOc3ccc(-c4nc5ccc(C6=NCCCN6)cc5[nH]4)cc3)ccnc2c1. The first-order chi connectivity index (χ1) is 17.7. The molecular formula is C28H28Cl4N6O. The normalized spacial score (nSPS) is 12.4. The smallest absolute Gasteiger partial charge is 0.138 e. The first-order valence-electron chi connectivity index (χ1n) is 12.0. The maximum absolute atomic E-state index is 6.08. The summed E-state index contributed by atoms with van der Waals surface area (Å²) in [6.07, 6.45) is 2.86. The minimum absolute atomic E-state index is 0. The van der Waals surface area contributed by atoms with Gasteiger partial charge < -0.3 is 20.4 Å². The molecule has 5 aromatic rings. The predicted molar refractivity (Wildman–Crippen MR) is 168 cm³/mol. The van der Waals surface area contributed by atoms with Crippen molar-refractivity contribution >= 4 is 82.3 Å². The first-order valence-corrected chi connectivity index (χ1v) is 12.4. The number of anilines is 1. The number of nitrogens with zero attached hydrogens (tertiary/aromatic N) is 3. The van der Waals surface area contributed by atoms with E-state index in [1.165, 1.54) is 0 Å². The average molecular weight is 606 g/mol. The third-order valence-corrected chi connectivity index (χ3v) is 6.41. The predicted octanol–water partition coefficient (Wildman–Crippen LogP) is 6.93. The van der Waals surface area contributed by atoms with Gasteiger partial charge in [0.1, 0.15) is 24.0 Å². The summed E-state index contributed by atoms with van der Waals surface area (Å²) < 4.78 is 5.94. The van der Waals surface area contributed by atoms with Gasteiger partial charge >= 0.3 is 0 Å². The monoisotopic (exact) mass is 604 g/mol. The number of benzene rings is 3. The zero-order valence-electron chi connectivity index (χ0n) is 20.8. The fraction of sp³-hybridized carbons (Fsp3) is 0.179. The van der Waals surface area contributed by atoms with Crippen LogP contribution in [0.5, 0.6) is 5.75 Å². The lowest BCUT2D eigenvalue weighted by molar-refractivity contribution is 0.333. The number of hydrogen-bond donors (Lipinski definition) is 3. The quantitative estimate of drug-likeness (QED) is 0.175. The largest absolute Gasteiger partial charge is 0.492 e. The molecule has 0 aliphatic carbocycles. The van der Waals surface area contributed by atoms with Gasteiger partial charge in [-0.1, -0.05) is 11.6 Å². The number of aromatic amines is 1. The number of halogens is 4. The fourth-order valence-corrected chi connectivity index (χ4v) is 4.52. The lowest BCUT2D eigenvalue weighted by atomic mass is 10.1.